The molecular formula is C19H25FN4O. The third kappa shape index (κ3) is 5.74. The highest BCUT2D eigenvalue weighted by molar-refractivity contribution is 5.79. The predicted molar refractivity (Wildman–Crippen MR) is 99.3 cm³/mol. The molecule has 0 aliphatic carbocycles. The maximum absolute atomic E-state index is 13.6. The number of aliphatic imine (C=N–C) groups is 1. The number of benzene rings is 1. The number of hydrogen-bond donors (Lipinski definition) is 2. The van der Waals surface area contributed by atoms with Crippen molar-refractivity contribution in [3.63, 3.8) is 0 Å². The molecule has 0 saturated heterocycles. The molecule has 0 spiro atoms. The van der Waals surface area contributed by atoms with Crippen LogP contribution in [0.15, 0.2) is 52.3 Å². The van der Waals surface area contributed by atoms with E-state index in [0.717, 1.165) is 25.1 Å². The zero-order chi connectivity index (χ0) is 18.1. The average molecular weight is 344 g/mol. The number of aryl methyl sites for hydroxylation is 1. The molecule has 0 saturated carbocycles. The van der Waals surface area contributed by atoms with Crippen LogP contribution in [0.25, 0.3) is 0 Å². The molecule has 2 N–H and O–H groups in total. The second-order valence-electron chi connectivity index (χ2n) is 5.81. The first-order valence-corrected chi connectivity index (χ1v) is 8.46. The van der Waals surface area contributed by atoms with Crippen LogP contribution in [-0.2, 0) is 13.1 Å². The molecule has 0 aliphatic rings. The largest absolute Gasteiger partial charge is 0.356 e. The second kappa shape index (κ2) is 9.61. The Morgan fingerprint density at radius 1 is 1.12 bits per heavy atom. The minimum absolute atomic E-state index is 0.0373. The first kappa shape index (κ1) is 18.7. The number of guanidine groups is 1. The van der Waals surface area contributed by atoms with E-state index in [1.54, 1.807) is 35.9 Å². The van der Waals surface area contributed by atoms with E-state index in [1.165, 1.54) is 6.07 Å². The molecule has 1 heterocycles. The highest BCUT2D eigenvalue weighted by Gasteiger charge is 2.03. The number of halogens is 1. The molecule has 0 atom stereocenters. The molecule has 0 amide bonds. The van der Waals surface area contributed by atoms with Gasteiger partial charge in [-0.25, -0.2) is 4.39 Å². The second-order valence-corrected chi connectivity index (χ2v) is 5.81. The Morgan fingerprint density at radius 3 is 2.64 bits per heavy atom. The molecule has 1 aromatic heterocycles. The molecule has 2 rings (SSSR count). The van der Waals surface area contributed by atoms with Crippen molar-refractivity contribution in [1.29, 1.82) is 0 Å². The van der Waals surface area contributed by atoms with Gasteiger partial charge in [-0.1, -0.05) is 24.3 Å². The highest BCUT2D eigenvalue weighted by atomic mass is 19.1. The van der Waals surface area contributed by atoms with Gasteiger partial charge >= 0.3 is 0 Å². The topological polar surface area (TPSA) is 58.4 Å². The summed E-state index contributed by atoms with van der Waals surface area (Å²) in [5.41, 5.74) is 1.61. The molecule has 6 heteroatoms. The first-order chi connectivity index (χ1) is 12.1. The minimum atomic E-state index is -0.228. The van der Waals surface area contributed by atoms with E-state index >= 15 is 0 Å². The van der Waals surface area contributed by atoms with E-state index in [2.05, 4.69) is 15.6 Å². The van der Waals surface area contributed by atoms with Crippen molar-refractivity contribution in [3.05, 3.63) is 69.9 Å². The van der Waals surface area contributed by atoms with Crippen molar-refractivity contribution >= 4 is 5.96 Å². The van der Waals surface area contributed by atoms with Gasteiger partial charge in [0.1, 0.15) is 5.82 Å². The van der Waals surface area contributed by atoms with Gasteiger partial charge in [-0.3, -0.25) is 9.79 Å². The molecule has 0 radical (unpaired) electrons. The van der Waals surface area contributed by atoms with Gasteiger partial charge in [-0.05, 0) is 31.9 Å². The van der Waals surface area contributed by atoms with Crippen molar-refractivity contribution in [2.24, 2.45) is 4.99 Å². The number of unbranched alkanes of at least 4 members (excludes halogenated alkanes) is 1. The van der Waals surface area contributed by atoms with E-state index in [9.17, 15) is 9.18 Å². The zero-order valence-corrected chi connectivity index (χ0v) is 14.8. The van der Waals surface area contributed by atoms with E-state index in [1.807, 2.05) is 19.1 Å². The summed E-state index contributed by atoms with van der Waals surface area (Å²) in [4.78, 5) is 15.9. The Labute approximate surface area is 147 Å². The molecule has 0 bridgehead atoms. The SMILES string of the molecule is CN=C(NCCCCn1c(C)cccc1=O)NCc1ccccc1F. The van der Waals surface area contributed by atoms with Crippen LogP contribution in [0.2, 0.25) is 0 Å². The van der Waals surface area contributed by atoms with Gasteiger partial charge < -0.3 is 15.2 Å². The van der Waals surface area contributed by atoms with Gasteiger partial charge in [0.25, 0.3) is 5.56 Å². The normalized spacial score (nSPS) is 11.4. The molecule has 5 nitrogen and oxygen atoms in total. The quantitative estimate of drug-likeness (QED) is 0.461. The highest BCUT2D eigenvalue weighted by Crippen LogP contribution is 2.05. The Balaban J connectivity index is 1.71. The monoisotopic (exact) mass is 344 g/mol. The summed E-state index contributed by atoms with van der Waals surface area (Å²) < 4.78 is 15.4. The molecule has 0 aliphatic heterocycles. The number of aromatic nitrogens is 1. The summed E-state index contributed by atoms with van der Waals surface area (Å²) in [6.45, 7) is 3.76. The van der Waals surface area contributed by atoms with Crippen molar-refractivity contribution in [2.45, 2.75) is 32.9 Å². The summed E-state index contributed by atoms with van der Waals surface area (Å²) in [5.74, 6) is 0.408. The fourth-order valence-corrected chi connectivity index (χ4v) is 2.55. The molecule has 25 heavy (non-hydrogen) atoms. The lowest BCUT2D eigenvalue weighted by Crippen LogP contribution is -2.37. The summed E-state index contributed by atoms with van der Waals surface area (Å²) in [7, 11) is 1.68. The molecule has 134 valence electrons. The summed E-state index contributed by atoms with van der Waals surface area (Å²) >= 11 is 0. The lowest BCUT2D eigenvalue weighted by atomic mass is 10.2. The molecule has 2 aromatic rings. The lowest BCUT2D eigenvalue weighted by Gasteiger charge is -2.13. The van der Waals surface area contributed by atoms with Crippen LogP contribution in [0, 0.1) is 12.7 Å². The first-order valence-electron chi connectivity index (χ1n) is 8.46. The van der Waals surface area contributed by atoms with Gasteiger partial charge in [0, 0.05) is 44.0 Å². The van der Waals surface area contributed by atoms with Gasteiger partial charge in [0.05, 0.1) is 0 Å². The Hall–Kier alpha value is -2.63. The van der Waals surface area contributed by atoms with Crippen molar-refractivity contribution in [1.82, 2.24) is 15.2 Å². The molecule has 0 fully saturated rings. The number of rotatable bonds is 7. The maximum atomic E-state index is 13.6. The Morgan fingerprint density at radius 2 is 1.92 bits per heavy atom. The summed E-state index contributed by atoms with van der Waals surface area (Å²) in [6.07, 6.45) is 1.79. The van der Waals surface area contributed by atoms with Crippen LogP contribution in [0.5, 0.6) is 0 Å². The fourth-order valence-electron chi connectivity index (χ4n) is 2.55. The van der Waals surface area contributed by atoms with E-state index in [-0.39, 0.29) is 11.4 Å². The van der Waals surface area contributed by atoms with Gasteiger partial charge in [0.2, 0.25) is 0 Å². The van der Waals surface area contributed by atoms with Crippen LogP contribution in [-0.4, -0.2) is 24.1 Å². The van der Waals surface area contributed by atoms with Gasteiger partial charge in [0.15, 0.2) is 5.96 Å². The van der Waals surface area contributed by atoms with Crippen LogP contribution in [0.3, 0.4) is 0 Å². The number of nitrogens with zero attached hydrogens (tertiary/aromatic N) is 2. The average Bonchev–Trinajstić information content (AvgIpc) is 2.60. The van der Waals surface area contributed by atoms with Gasteiger partial charge in [-0.2, -0.15) is 0 Å². The minimum Gasteiger partial charge on any atom is -0.356 e. The zero-order valence-electron chi connectivity index (χ0n) is 14.8. The lowest BCUT2D eigenvalue weighted by molar-refractivity contribution is 0.573. The third-order valence-corrected chi connectivity index (χ3v) is 4.00. The maximum Gasteiger partial charge on any atom is 0.250 e. The van der Waals surface area contributed by atoms with Crippen LogP contribution in [0.4, 0.5) is 4.39 Å². The number of nitrogens with one attached hydrogen (secondary N) is 2. The smallest absolute Gasteiger partial charge is 0.250 e. The number of pyridine rings is 1. The summed E-state index contributed by atoms with van der Waals surface area (Å²) in [6, 6.07) is 12.0. The molecular weight excluding hydrogens is 319 g/mol. The fraction of sp³-hybridized carbons (Fsp3) is 0.368. The van der Waals surface area contributed by atoms with Crippen LogP contribution < -0.4 is 16.2 Å². The third-order valence-electron chi connectivity index (χ3n) is 4.00. The van der Waals surface area contributed by atoms with E-state index < -0.39 is 0 Å². The van der Waals surface area contributed by atoms with E-state index in [0.29, 0.717) is 24.6 Å². The Bertz CT molecular complexity index is 770. The predicted octanol–water partition coefficient (Wildman–Crippen LogP) is 2.44. The summed E-state index contributed by atoms with van der Waals surface area (Å²) in [5, 5.41) is 6.30. The van der Waals surface area contributed by atoms with Crippen LogP contribution >= 0.6 is 0 Å². The van der Waals surface area contributed by atoms with Crippen molar-refractivity contribution < 1.29 is 4.39 Å². The number of hydrogen-bond acceptors (Lipinski definition) is 2. The van der Waals surface area contributed by atoms with Crippen LogP contribution in [0.1, 0.15) is 24.1 Å². The molecule has 1 aromatic carbocycles. The van der Waals surface area contributed by atoms with Crippen molar-refractivity contribution in [2.75, 3.05) is 13.6 Å². The standard InChI is InChI=1S/C19H25FN4O/c1-15-8-7-11-18(25)24(15)13-6-5-12-22-19(21-2)23-14-16-9-3-4-10-17(16)20/h3-4,7-11H,5-6,12-14H2,1-2H3,(H2,21,22,23). The van der Waals surface area contributed by atoms with Gasteiger partial charge in [-0.15, -0.1) is 0 Å². The van der Waals surface area contributed by atoms with Crippen molar-refractivity contribution in [3.8, 4) is 0 Å². The Kier molecular flexibility index (Phi) is 7.19. The van der Waals surface area contributed by atoms with E-state index in [4.69, 9.17) is 0 Å². The molecule has 0 unspecified atom stereocenters.